The summed E-state index contributed by atoms with van der Waals surface area (Å²) < 4.78 is 64.7. The summed E-state index contributed by atoms with van der Waals surface area (Å²) in [7, 11) is 5.45. The van der Waals surface area contributed by atoms with Crippen LogP contribution in [0.1, 0.15) is 93.9 Å². The average molecular weight is 887 g/mol. The van der Waals surface area contributed by atoms with Gasteiger partial charge in [-0.05, 0) is 62.8 Å². The highest BCUT2D eigenvalue weighted by atomic mass is 16.7. The highest BCUT2D eigenvalue weighted by molar-refractivity contribution is 5.78. The predicted molar refractivity (Wildman–Crippen MR) is 233 cm³/mol. The van der Waals surface area contributed by atoms with E-state index < -0.39 is 66.4 Å². The molecule has 0 unspecified atom stereocenters. The van der Waals surface area contributed by atoms with Gasteiger partial charge in [0.25, 0.3) is 0 Å². The van der Waals surface area contributed by atoms with Gasteiger partial charge in [-0.25, -0.2) is 0 Å². The van der Waals surface area contributed by atoms with E-state index in [4.69, 9.17) is 47.4 Å². The number of fused-ring (bicyclic) bond motifs is 2. The van der Waals surface area contributed by atoms with Gasteiger partial charge in [0.2, 0.25) is 0 Å². The average Bonchev–Trinajstić information content (AvgIpc) is 3.60. The van der Waals surface area contributed by atoms with Crippen LogP contribution in [0, 0.1) is 23.7 Å². The van der Waals surface area contributed by atoms with E-state index in [2.05, 4.69) is 52.1 Å². The quantitative estimate of drug-likeness (QED) is 0.218. The molecule has 0 aromatic rings. The van der Waals surface area contributed by atoms with E-state index in [0.717, 1.165) is 12.0 Å². The number of aliphatic hydroxyl groups is 2. The van der Waals surface area contributed by atoms with Crippen LogP contribution in [0.15, 0.2) is 59.3 Å². The summed E-state index contributed by atoms with van der Waals surface area (Å²) in [5.41, 5.74) is 0.187. The van der Waals surface area contributed by atoms with Crippen LogP contribution in [0.3, 0.4) is 0 Å². The van der Waals surface area contributed by atoms with Crippen molar-refractivity contribution in [3.05, 3.63) is 59.3 Å². The van der Waals surface area contributed by atoms with Crippen molar-refractivity contribution in [1.29, 1.82) is 0 Å². The molecular formula is C49H76NO13+. The third-order valence-corrected chi connectivity index (χ3v) is 15.0. The fourth-order valence-electron chi connectivity index (χ4n) is 11.1. The van der Waals surface area contributed by atoms with E-state index in [1.807, 2.05) is 39.1 Å². The molecule has 0 aromatic carbocycles. The van der Waals surface area contributed by atoms with Crippen LogP contribution in [0.4, 0.5) is 0 Å². The van der Waals surface area contributed by atoms with E-state index in [-0.39, 0.29) is 67.0 Å². The Morgan fingerprint density at radius 1 is 0.921 bits per heavy atom. The van der Waals surface area contributed by atoms with Crippen molar-refractivity contribution in [3.8, 4) is 0 Å². The molecule has 20 atom stereocenters. The second-order valence-corrected chi connectivity index (χ2v) is 19.4. The molecular weight excluding hydrogens is 811 g/mol. The van der Waals surface area contributed by atoms with Gasteiger partial charge in [0.15, 0.2) is 18.4 Å². The second kappa shape index (κ2) is 20.3. The Morgan fingerprint density at radius 2 is 1.63 bits per heavy atom. The van der Waals surface area contributed by atoms with Crippen LogP contribution in [0.25, 0.3) is 0 Å². The summed E-state index contributed by atoms with van der Waals surface area (Å²) in [4.78, 5) is 14.4. The highest BCUT2D eigenvalue weighted by Crippen LogP contribution is 2.47. The first-order valence-electron chi connectivity index (χ1n) is 23.5. The molecule has 0 radical (unpaired) electrons. The lowest BCUT2D eigenvalue weighted by atomic mass is 9.71. The number of aliphatic hydroxyl groups excluding tert-OH is 1. The Labute approximate surface area is 374 Å². The fraction of sp³-hybridized carbons (Fsp3) is 0.776. The maximum absolute atomic E-state index is 14.4. The van der Waals surface area contributed by atoms with E-state index in [0.29, 0.717) is 43.3 Å². The number of hydrogen-bond donors (Lipinski definition) is 3. The number of hydrogen-bond acceptors (Lipinski definition) is 13. The molecule has 1 aliphatic carbocycles. The first kappa shape index (κ1) is 48.6. The van der Waals surface area contributed by atoms with Gasteiger partial charge in [-0.1, -0.05) is 70.6 Å². The van der Waals surface area contributed by atoms with Crippen LogP contribution >= 0.6 is 0 Å². The number of nitrogens with two attached hydrogens (primary N) is 1. The molecule has 63 heavy (non-hydrogen) atoms. The molecule has 14 heteroatoms. The number of likely N-dealkylation sites (N-methyl/N-ethyl adjacent to an activating group) is 1. The topological polar surface area (TPSA) is 166 Å². The lowest BCUT2D eigenvalue weighted by Crippen LogP contribution is -2.92. The Bertz CT molecular complexity index is 1750. The number of carbonyl (C=O) groups is 1. The SMILES string of the molecule is CC[C@H](C)[C@H]1O[C@]2(C=C[C@@H]1C)C[C@@H]1C[C@@H](C/C=C(\C)[C@@H](O[C@H]3C[C@H](OC)[C@@H](O[C@H]4C[C@H](OC)[C@@H]([NH2+]C)[C@H](C)O4)[C@H](C)O3)[C@@H](C)/C=C/C=C3\CO[C@@H]4[C@H](O)C(C)=C[C@@H](C(=O)O1)[C@]34O)O2. The summed E-state index contributed by atoms with van der Waals surface area (Å²) in [5, 5.41) is 25.9. The van der Waals surface area contributed by atoms with Gasteiger partial charge >= 0.3 is 5.97 Å². The molecule has 2 bridgehead atoms. The third-order valence-electron chi connectivity index (χ3n) is 15.0. The van der Waals surface area contributed by atoms with Crippen molar-refractivity contribution in [2.75, 3.05) is 27.9 Å². The van der Waals surface area contributed by atoms with Crippen molar-refractivity contribution in [2.45, 2.75) is 191 Å². The molecule has 0 aromatic heterocycles. The summed E-state index contributed by atoms with van der Waals surface area (Å²) in [6.07, 6.45) is 11.0. The molecule has 6 heterocycles. The number of carbonyl (C=O) groups excluding carboxylic acids is 1. The molecule has 4 saturated heterocycles. The number of allylic oxidation sites excluding steroid dienone is 2. The maximum Gasteiger partial charge on any atom is 0.316 e. The minimum Gasteiger partial charge on any atom is -0.462 e. The summed E-state index contributed by atoms with van der Waals surface area (Å²) in [6, 6.07) is 0.169. The molecule has 7 aliphatic rings. The summed E-state index contributed by atoms with van der Waals surface area (Å²) >= 11 is 0. The molecule has 0 saturated carbocycles. The van der Waals surface area contributed by atoms with Crippen molar-refractivity contribution < 1.29 is 67.7 Å². The number of methoxy groups -OCH3 is 2. The molecule has 0 amide bonds. The Kier molecular flexibility index (Phi) is 15.7. The molecule has 6 aliphatic heterocycles. The van der Waals surface area contributed by atoms with E-state index in [9.17, 15) is 15.0 Å². The monoisotopic (exact) mass is 887 g/mol. The van der Waals surface area contributed by atoms with E-state index >= 15 is 0 Å². The minimum absolute atomic E-state index is 0.0195. The summed E-state index contributed by atoms with van der Waals surface area (Å²) in [6.45, 7) is 16.5. The Morgan fingerprint density at radius 3 is 2.35 bits per heavy atom. The summed E-state index contributed by atoms with van der Waals surface area (Å²) in [5.74, 6) is -2.50. The zero-order valence-corrected chi connectivity index (χ0v) is 39.3. The first-order valence-corrected chi connectivity index (χ1v) is 23.5. The van der Waals surface area contributed by atoms with E-state index in [1.165, 1.54) is 0 Å². The molecule has 7 rings (SSSR count). The third kappa shape index (κ3) is 10.0. The molecule has 4 fully saturated rings. The zero-order chi connectivity index (χ0) is 45.4. The molecule has 1 spiro atoms. The second-order valence-electron chi connectivity index (χ2n) is 19.4. The predicted octanol–water partition coefficient (Wildman–Crippen LogP) is 4.58. The Balaban J connectivity index is 1.18. The number of ether oxygens (including phenoxy) is 10. The highest BCUT2D eigenvalue weighted by Gasteiger charge is 2.60. The van der Waals surface area contributed by atoms with Gasteiger partial charge in [-0.3, -0.25) is 4.79 Å². The lowest BCUT2D eigenvalue weighted by Gasteiger charge is -2.48. The van der Waals surface area contributed by atoms with Gasteiger partial charge in [-0.2, -0.15) is 0 Å². The zero-order valence-electron chi connectivity index (χ0n) is 39.3. The Hall–Kier alpha value is -2.31. The number of esters is 1. The lowest BCUT2D eigenvalue weighted by molar-refractivity contribution is -0.685. The largest absolute Gasteiger partial charge is 0.462 e. The molecule has 354 valence electrons. The standard InChI is InChI=1S/C49H75NO13/c1-12-26(2)44-29(5)18-19-48(63-44)24-35-21-34(62-48)17-16-28(4)43(27(3)14-13-15-33-25-56-46-42(51)30(6)20-36(47(52)59-35)49(33,46)53)60-40-23-38(55-11)45(32(8)58-40)61-39-22-37(54-10)41(50-9)31(7)57-39/h13-16,18-20,26-27,29,31-32,34-46,50-51,53H,12,17,21-25H2,1-11H3/p+1/b14-13+,28-16+,33-15+/t26-,27-,29-,31-,32-,34+,35-,36-,37-,38-,39-,40-,41-,42+,43-,44+,45-,46+,48+,49+/m0/s1. The van der Waals surface area contributed by atoms with Gasteiger partial charge in [-0.15, -0.1) is 0 Å². The maximum atomic E-state index is 14.4. The first-order chi connectivity index (χ1) is 30.0. The van der Waals surface area contributed by atoms with Crippen molar-refractivity contribution in [2.24, 2.45) is 23.7 Å². The normalized spacial score (nSPS) is 48.6. The number of quaternary nitrogens is 1. The van der Waals surface area contributed by atoms with Crippen LogP contribution in [-0.4, -0.2) is 141 Å². The molecule has 14 nitrogen and oxygen atoms in total. The van der Waals surface area contributed by atoms with Gasteiger partial charge in [0, 0.05) is 51.7 Å². The van der Waals surface area contributed by atoms with Crippen molar-refractivity contribution >= 4 is 5.97 Å². The van der Waals surface area contributed by atoms with Crippen LogP contribution < -0.4 is 5.32 Å². The van der Waals surface area contributed by atoms with Crippen molar-refractivity contribution in [3.63, 3.8) is 0 Å². The van der Waals surface area contributed by atoms with Crippen LogP contribution in [0.5, 0.6) is 0 Å². The van der Waals surface area contributed by atoms with Crippen molar-refractivity contribution in [1.82, 2.24) is 0 Å². The van der Waals surface area contributed by atoms with Gasteiger partial charge in [0.05, 0.1) is 44.2 Å². The molecule has 4 N–H and O–H groups in total. The van der Waals surface area contributed by atoms with Crippen LogP contribution in [0.2, 0.25) is 0 Å². The van der Waals surface area contributed by atoms with E-state index in [1.54, 1.807) is 33.3 Å². The van der Waals surface area contributed by atoms with Crippen LogP contribution in [-0.2, 0) is 52.2 Å². The fourth-order valence-corrected chi connectivity index (χ4v) is 11.1. The number of rotatable bonds is 9. The smallest absolute Gasteiger partial charge is 0.316 e. The van der Waals surface area contributed by atoms with Gasteiger partial charge < -0.3 is 62.9 Å². The minimum atomic E-state index is -1.83. The van der Waals surface area contributed by atoms with Gasteiger partial charge in [0.1, 0.15) is 54.2 Å².